The van der Waals surface area contributed by atoms with Crippen LogP contribution in [0.1, 0.15) is 90.8 Å². The van der Waals surface area contributed by atoms with Crippen LogP contribution < -0.4 is 0 Å². The largest absolute Gasteiger partial charge is 0.457 e. The highest BCUT2D eigenvalue weighted by Crippen LogP contribution is 2.32. The number of thiazole rings is 1. The lowest BCUT2D eigenvalue weighted by Crippen LogP contribution is -2.45. The number of hydrogen-bond donors (Lipinski definition) is 2. The zero-order chi connectivity index (χ0) is 26.3. The average molecular weight is 506 g/mol. The van der Waals surface area contributed by atoms with Gasteiger partial charge in [0.15, 0.2) is 0 Å². The predicted octanol–water partition coefficient (Wildman–Crippen LogP) is 5.66. The molecule has 2 heterocycles. The van der Waals surface area contributed by atoms with E-state index in [0.717, 1.165) is 42.0 Å². The van der Waals surface area contributed by atoms with Gasteiger partial charge in [-0.3, -0.25) is 9.59 Å². The van der Waals surface area contributed by atoms with E-state index in [0.29, 0.717) is 6.42 Å². The fourth-order valence-corrected chi connectivity index (χ4v) is 5.21. The molecule has 0 amide bonds. The SMILES string of the molecule is CC/C1=C/C[C@H](/C(C)=C/c2csc(C)n2)OC(=O)CC(O)C(C)(C)C(=O)[C@H](C)[C@@H](O)[C@@H](C)CCC1. The smallest absolute Gasteiger partial charge is 0.309 e. The number of cyclic esters (lactones) is 1. The lowest BCUT2D eigenvalue weighted by Gasteiger charge is -2.34. The number of ether oxygens (including phenoxy) is 1. The number of aryl methyl sites for hydroxylation is 1. The Balaban J connectivity index is 2.37. The van der Waals surface area contributed by atoms with E-state index in [9.17, 15) is 19.8 Å². The number of aliphatic hydroxyl groups excluding tert-OH is 2. The van der Waals surface area contributed by atoms with Gasteiger partial charge in [-0.2, -0.15) is 0 Å². The van der Waals surface area contributed by atoms with Gasteiger partial charge in [0.2, 0.25) is 0 Å². The summed E-state index contributed by atoms with van der Waals surface area (Å²) in [6.07, 6.45) is 5.35. The van der Waals surface area contributed by atoms with Crippen LogP contribution in [0.4, 0.5) is 0 Å². The molecule has 1 aliphatic rings. The van der Waals surface area contributed by atoms with Gasteiger partial charge in [-0.15, -0.1) is 11.3 Å². The molecular formula is C28H43NO5S. The third kappa shape index (κ3) is 8.09. The van der Waals surface area contributed by atoms with Gasteiger partial charge in [0.25, 0.3) is 0 Å². The van der Waals surface area contributed by atoms with Crippen molar-refractivity contribution in [2.45, 2.75) is 105 Å². The molecule has 1 unspecified atom stereocenters. The Morgan fingerprint density at radius 3 is 2.57 bits per heavy atom. The Hall–Kier alpha value is -1.83. The van der Waals surface area contributed by atoms with Crippen LogP contribution in [0.15, 0.2) is 22.6 Å². The molecule has 2 rings (SSSR count). The Kier molecular flexibility index (Phi) is 10.9. The molecule has 0 spiro atoms. The van der Waals surface area contributed by atoms with Gasteiger partial charge < -0.3 is 14.9 Å². The lowest BCUT2D eigenvalue weighted by atomic mass is 9.73. The van der Waals surface area contributed by atoms with E-state index in [1.54, 1.807) is 32.1 Å². The van der Waals surface area contributed by atoms with Crippen LogP contribution in [-0.4, -0.2) is 45.3 Å². The maximum atomic E-state index is 13.2. The second kappa shape index (κ2) is 12.9. The normalized spacial score (nSPS) is 31.5. The molecule has 1 aromatic heterocycles. The number of rotatable bonds is 3. The summed E-state index contributed by atoms with van der Waals surface area (Å²) in [6.45, 7) is 12.9. The molecule has 2 N–H and O–H groups in total. The highest BCUT2D eigenvalue weighted by Gasteiger charge is 2.42. The summed E-state index contributed by atoms with van der Waals surface area (Å²) < 4.78 is 5.85. The summed E-state index contributed by atoms with van der Waals surface area (Å²) in [6, 6.07) is 0. The Morgan fingerprint density at radius 1 is 1.29 bits per heavy atom. The highest BCUT2D eigenvalue weighted by molar-refractivity contribution is 7.09. The summed E-state index contributed by atoms with van der Waals surface area (Å²) in [5, 5.41) is 24.6. The summed E-state index contributed by atoms with van der Waals surface area (Å²) >= 11 is 1.57. The molecule has 0 radical (unpaired) electrons. The summed E-state index contributed by atoms with van der Waals surface area (Å²) in [4.78, 5) is 30.6. The van der Waals surface area contributed by atoms with Crippen LogP contribution in [-0.2, 0) is 14.3 Å². The fourth-order valence-electron chi connectivity index (χ4n) is 4.64. The van der Waals surface area contributed by atoms with Crippen molar-refractivity contribution in [3.05, 3.63) is 33.3 Å². The molecule has 0 bridgehead atoms. The zero-order valence-corrected chi connectivity index (χ0v) is 23.2. The number of allylic oxidation sites excluding steroid dienone is 1. The van der Waals surface area contributed by atoms with E-state index < -0.39 is 35.6 Å². The van der Waals surface area contributed by atoms with Gasteiger partial charge in [-0.05, 0) is 57.1 Å². The van der Waals surface area contributed by atoms with Crippen molar-refractivity contribution in [3.8, 4) is 0 Å². The standard InChI is InChI=1S/C28H43NO5S/c1-8-21-11-9-10-17(2)26(32)19(4)27(33)28(6,7)24(30)15-25(31)34-23(13-12-21)18(3)14-22-16-35-20(5)29-22/h12,14,16-17,19,23-24,26,30,32H,8-11,13,15H2,1-7H3/b18-14+,21-12-/t17-,19+,23+,24?,26-/m0/s1. The van der Waals surface area contributed by atoms with Crippen LogP contribution in [0.2, 0.25) is 0 Å². The number of aromatic nitrogens is 1. The van der Waals surface area contributed by atoms with Gasteiger partial charge in [0.05, 0.1) is 34.7 Å². The van der Waals surface area contributed by atoms with E-state index in [2.05, 4.69) is 18.0 Å². The van der Waals surface area contributed by atoms with E-state index in [1.807, 2.05) is 32.2 Å². The van der Waals surface area contributed by atoms with Crippen LogP contribution in [0, 0.1) is 24.2 Å². The monoisotopic (exact) mass is 505 g/mol. The van der Waals surface area contributed by atoms with Crippen LogP contribution in [0.25, 0.3) is 6.08 Å². The third-order valence-corrected chi connectivity index (χ3v) is 8.15. The van der Waals surface area contributed by atoms with E-state index in [1.165, 1.54) is 5.57 Å². The first-order valence-electron chi connectivity index (χ1n) is 12.7. The summed E-state index contributed by atoms with van der Waals surface area (Å²) in [7, 11) is 0. The van der Waals surface area contributed by atoms with E-state index in [-0.39, 0.29) is 18.1 Å². The molecule has 35 heavy (non-hydrogen) atoms. The molecule has 6 nitrogen and oxygen atoms in total. The van der Waals surface area contributed by atoms with Crippen LogP contribution in [0.3, 0.4) is 0 Å². The fraction of sp³-hybridized carbons (Fsp3) is 0.679. The third-order valence-electron chi connectivity index (χ3n) is 7.36. The minimum Gasteiger partial charge on any atom is -0.457 e. The molecule has 7 heteroatoms. The van der Waals surface area contributed by atoms with Gasteiger partial charge in [-0.25, -0.2) is 4.98 Å². The molecule has 196 valence electrons. The number of hydrogen-bond acceptors (Lipinski definition) is 7. The highest BCUT2D eigenvalue weighted by atomic mass is 32.1. The zero-order valence-electron chi connectivity index (χ0n) is 22.3. The molecule has 1 aliphatic heterocycles. The number of aliphatic hydroxyl groups is 2. The van der Waals surface area contributed by atoms with E-state index >= 15 is 0 Å². The lowest BCUT2D eigenvalue weighted by molar-refractivity contribution is -0.154. The van der Waals surface area contributed by atoms with Crippen molar-refractivity contribution < 1.29 is 24.5 Å². The Morgan fingerprint density at radius 2 is 1.97 bits per heavy atom. The van der Waals surface area contributed by atoms with Crippen molar-refractivity contribution in [1.29, 1.82) is 0 Å². The van der Waals surface area contributed by atoms with Crippen molar-refractivity contribution in [1.82, 2.24) is 4.98 Å². The molecular weight excluding hydrogens is 462 g/mol. The van der Waals surface area contributed by atoms with E-state index in [4.69, 9.17) is 4.74 Å². The number of nitrogens with zero attached hydrogens (tertiary/aromatic N) is 1. The molecule has 0 saturated heterocycles. The molecule has 0 saturated carbocycles. The Bertz CT molecular complexity index is 932. The van der Waals surface area contributed by atoms with Crippen LogP contribution >= 0.6 is 11.3 Å². The first kappa shape index (κ1) is 29.4. The maximum Gasteiger partial charge on any atom is 0.309 e. The van der Waals surface area contributed by atoms with Crippen LogP contribution in [0.5, 0.6) is 0 Å². The summed E-state index contributed by atoms with van der Waals surface area (Å²) in [5.74, 6) is -1.48. The Labute approximate surface area is 214 Å². The quantitative estimate of drug-likeness (QED) is 0.407. The predicted molar refractivity (Wildman–Crippen MR) is 141 cm³/mol. The molecule has 0 aromatic carbocycles. The van der Waals surface area contributed by atoms with Crippen molar-refractivity contribution >= 4 is 29.2 Å². The molecule has 0 fully saturated rings. The number of Topliss-reactive ketones (excluding diaryl/α,β-unsaturated/α-hetero) is 1. The topological polar surface area (TPSA) is 96.7 Å². The van der Waals surface area contributed by atoms with Crippen molar-refractivity contribution in [3.63, 3.8) is 0 Å². The maximum absolute atomic E-state index is 13.2. The number of ketones is 1. The summed E-state index contributed by atoms with van der Waals surface area (Å²) in [5.41, 5.74) is 1.81. The minimum atomic E-state index is -1.21. The number of carbonyl (C=O) groups excluding carboxylic acids is 2. The number of carbonyl (C=O) groups is 2. The average Bonchev–Trinajstić information content (AvgIpc) is 3.21. The van der Waals surface area contributed by atoms with Crippen molar-refractivity contribution in [2.75, 3.05) is 0 Å². The first-order valence-corrected chi connectivity index (χ1v) is 13.6. The second-order valence-electron chi connectivity index (χ2n) is 10.6. The van der Waals surface area contributed by atoms with Gasteiger partial charge in [0, 0.05) is 17.7 Å². The molecule has 5 atom stereocenters. The first-order chi connectivity index (χ1) is 16.4. The van der Waals surface area contributed by atoms with Crippen molar-refractivity contribution in [2.24, 2.45) is 17.3 Å². The van der Waals surface area contributed by atoms with Gasteiger partial charge in [0.1, 0.15) is 11.9 Å². The molecule has 1 aromatic rings. The minimum absolute atomic E-state index is 0.0441. The van der Waals surface area contributed by atoms with Gasteiger partial charge >= 0.3 is 5.97 Å². The second-order valence-corrected chi connectivity index (χ2v) is 11.6. The number of esters is 1. The van der Waals surface area contributed by atoms with Gasteiger partial charge in [-0.1, -0.05) is 46.3 Å². The molecule has 0 aliphatic carbocycles.